The molecule has 5 heteroatoms. The molecule has 1 unspecified atom stereocenters. The van der Waals surface area contributed by atoms with Gasteiger partial charge in [-0.25, -0.2) is 4.79 Å². The van der Waals surface area contributed by atoms with Gasteiger partial charge < -0.3 is 5.32 Å². The molecule has 56 valence electrons. The molecule has 0 saturated carbocycles. The number of imide groups is 1. The molecule has 1 aliphatic heterocycles. The van der Waals surface area contributed by atoms with Crippen molar-refractivity contribution in [3.05, 3.63) is 0 Å². The van der Waals surface area contributed by atoms with Crippen molar-refractivity contribution in [2.24, 2.45) is 0 Å². The van der Waals surface area contributed by atoms with Crippen molar-refractivity contribution in [1.29, 1.82) is 0 Å². The number of nitrogens with one attached hydrogen (secondary N) is 2. The van der Waals surface area contributed by atoms with E-state index in [-0.39, 0.29) is 11.9 Å². The van der Waals surface area contributed by atoms with E-state index in [2.05, 4.69) is 23.3 Å². The number of carbonyl (C=O) groups is 2. The zero-order valence-corrected chi connectivity index (χ0v) is 6.15. The van der Waals surface area contributed by atoms with Crippen LogP contribution in [0.1, 0.15) is 6.42 Å². The predicted molar refractivity (Wildman–Crippen MR) is 38.9 cm³/mol. The molecule has 10 heavy (non-hydrogen) atoms. The van der Waals surface area contributed by atoms with E-state index < -0.39 is 6.03 Å². The van der Waals surface area contributed by atoms with E-state index in [9.17, 15) is 9.59 Å². The molecular formula is C5H8N2O2S. The van der Waals surface area contributed by atoms with Crippen LogP contribution in [-0.4, -0.2) is 23.7 Å². The maximum Gasteiger partial charge on any atom is 0.322 e. The van der Waals surface area contributed by atoms with Crippen molar-refractivity contribution >= 4 is 24.6 Å². The second-order valence-corrected chi connectivity index (χ2v) is 2.47. The van der Waals surface area contributed by atoms with Gasteiger partial charge in [0.1, 0.15) is 6.04 Å². The number of carbonyl (C=O) groups excluding carboxylic acids is 2. The monoisotopic (exact) mass is 160 g/mol. The highest BCUT2D eigenvalue weighted by atomic mass is 32.1. The molecule has 1 heterocycles. The lowest BCUT2D eigenvalue weighted by Crippen LogP contribution is -2.28. The smallest absolute Gasteiger partial charge is 0.322 e. The zero-order chi connectivity index (χ0) is 7.56. The molecule has 0 spiro atoms. The van der Waals surface area contributed by atoms with Crippen molar-refractivity contribution in [3.8, 4) is 0 Å². The third kappa shape index (κ3) is 1.41. The number of thiol groups is 1. The zero-order valence-electron chi connectivity index (χ0n) is 5.26. The first-order chi connectivity index (χ1) is 4.74. The Morgan fingerprint density at radius 2 is 2.20 bits per heavy atom. The summed E-state index contributed by atoms with van der Waals surface area (Å²) in [6.07, 6.45) is 0.584. The molecule has 0 bridgehead atoms. The standard InChI is InChI=1S/C5H8N2O2S/c8-4-3(1-2-10)6-5(9)7-4/h3,10H,1-2H2,(H2,6,7,8,9). The Bertz CT molecular complexity index is 171. The number of rotatable bonds is 2. The maximum absolute atomic E-state index is 10.7. The van der Waals surface area contributed by atoms with Gasteiger partial charge >= 0.3 is 6.03 Å². The van der Waals surface area contributed by atoms with Gasteiger partial charge in [0, 0.05) is 0 Å². The van der Waals surface area contributed by atoms with Crippen LogP contribution >= 0.6 is 12.6 Å². The van der Waals surface area contributed by atoms with Crippen molar-refractivity contribution in [3.63, 3.8) is 0 Å². The molecule has 1 saturated heterocycles. The van der Waals surface area contributed by atoms with Crippen LogP contribution in [0.15, 0.2) is 0 Å². The average molecular weight is 160 g/mol. The summed E-state index contributed by atoms with van der Waals surface area (Å²) in [7, 11) is 0. The second-order valence-electron chi connectivity index (χ2n) is 2.03. The molecule has 0 aromatic heterocycles. The Labute approximate surface area is 63.8 Å². The highest BCUT2D eigenvalue weighted by Gasteiger charge is 2.27. The second kappa shape index (κ2) is 2.92. The van der Waals surface area contributed by atoms with Crippen LogP contribution in [0.4, 0.5) is 4.79 Å². The van der Waals surface area contributed by atoms with Gasteiger partial charge in [-0.15, -0.1) is 0 Å². The van der Waals surface area contributed by atoms with Crippen LogP contribution in [0.3, 0.4) is 0 Å². The summed E-state index contributed by atoms with van der Waals surface area (Å²) < 4.78 is 0. The summed E-state index contributed by atoms with van der Waals surface area (Å²) in [5, 5.41) is 4.58. The van der Waals surface area contributed by atoms with Crippen molar-refractivity contribution < 1.29 is 9.59 Å². The maximum atomic E-state index is 10.7. The predicted octanol–water partition coefficient (Wildman–Crippen LogP) is -0.486. The number of hydrogen-bond donors (Lipinski definition) is 3. The molecule has 3 amide bonds. The van der Waals surface area contributed by atoms with E-state index in [1.54, 1.807) is 0 Å². The first-order valence-corrected chi connectivity index (χ1v) is 3.59. The van der Waals surface area contributed by atoms with E-state index in [1.165, 1.54) is 0 Å². The van der Waals surface area contributed by atoms with Gasteiger partial charge in [0.15, 0.2) is 0 Å². The average Bonchev–Trinajstić information content (AvgIpc) is 2.13. The molecule has 1 atom stereocenters. The molecule has 2 N–H and O–H groups in total. The Hall–Kier alpha value is -0.710. The van der Waals surface area contributed by atoms with Crippen LogP contribution in [0.25, 0.3) is 0 Å². The van der Waals surface area contributed by atoms with Gasteiger partial charge in [-0.1, -0.05) is 0 Å². The minimum absolute atomic E-state index is 0.251. The lowest BCUT2D eigenvalue weighted by molar-refractivity contribution is -0.120. The third-order valence-corrected chi connectivity index (χ3v) is 1.53. The van der Waals surface area contributed by atoms with Crippen LogP contribution in [0, 0.1) is 0 Å². The summed E-state index contributed by atoms with van der Waals surface area (Å²) >= 11 is 3.93. The van der Waals surface area contributed by atoms with Gasteiger partial charge in [0.25, 0.3) is 5.91 Å². The van der Waals surface area contributed by atoms with Gasteiger partial charge in [0.05, 0.1) is 0 Å². The van der Waals surface area contributed by atoms with E-state index in [4.69, 9.17) is 0 Å². The van der Waals surface area contributed by atoms with E-state index in [0.717, 1.165) is 0 Å². The topological polar surface area (TPSA) is 58.2 Å². The fraction of sp³-hybridized carbons (Fsp3) is 0.600. The summed E-state index contributed by atoms with van der Waals surface area (Å²) in [5.74, 6) is 0.345. The van der Waals surface area contributed by atoms with E-state index in [0.29, 0.717) is 12.2 Å². The lowest BCUT2D eigenvalue weighted by Gasteiger charge is -2.01. The van der Waals surface area contributed by atoms with E-state index in [1.807, 2.05) is 0 Å². The molecule has 1 aliphatic rings. The largest absolute Gasteiger partial charge is 0.326 e. The molecule has 1 rings (SSSR count). The highest BCUT2D eigenvalue weighted by molar-refractivity contribution is 7.80. The number of urea groups is 1. The fourth-order valence-corrected chi connectivity index (χ4v) is 1.05. The normalized spacial score (nSPS) is 24.3. The van der Waals surface area contributed by atoms with Gasteiger partial charge in [-0.05, 0) is 12.2 Å². The summed E-state index contributed by atoms with van der Waals surface area (Å²) in [4.78, 5) is 21.2. The molecule has 0 radical (unpaired) electrons. The Balaban J connectivity index is 2.46. The van der Waals surface area contributed by atoms with Crippen LogP contribution < -0.4 is 10.6 Å². The van der Waals surface area contributed by atoms with E-state index >= 15 is 0 Å². The number of hydrogen-bond acceptors (Lipinski definition) is 3. The van der Waals surface area contributed by atoms with Crippen molar-refractivity contribution in [2.75, 3.05) is 5.75 Å². The Morgan fingerprint density at radius 3 is 2.60 bits per heavy atom. The summed E-state index contributed by atoms with van der Waals surface area (Å²) in [6, 6.07) is -0.776. The summed E-state index contributed by atoms with van der Waals surface area (Å²) in [6.45, 7) is 0. The van der Waals surface area contributed by atoms with Crippen LogP contribution in [-0.2, 0) is 4.79 Å². The van der Waals surface area contributed by atoms with Crippen molar-refractivity contribution in [2.45, 2.75) is 12.5 Å². The minimum Gasteiger partial charge on any atom is -0.326 e. The molecule has 0 aromatic carbocycles. The fourth-order valence-electron chi connectivity index (χ4n) is 0.791. The summed E-state index contributed by atoms with van der Waals surface area (Å²) in [5.41, 5.74) is 0. The van der Waals surface area contributed by atoms with Gasteiger partial charge in [0.2, 0.25) is 0 Å². The first kappa shape index (κ1) is 7.40. The Kier molecular flexibility index (Phi) is 2.16. The number of amides is 3. The third-order valence-electron chi connectivity index (χ3n) is 1.28. The first-order valence-electron chi connectivity index (χ1n) is 2.96. The van der Waals surface area contributed by atoms with Crippen LogP contribution in [0.5, 0.6) is 0 Å². The molecule has 1 fully saturated rings. The SMILES string of the molecule is O=C1NC(=O)C(CCS)N1. The quantitative estimate of drug-likeness (QED) is 0.377. The molecular weight excluding hydrogens is 152 g/mol. The highest BCUT2D eigenvalue weighted by Crippen LogP contribution is 1.98. The lowest BCUT2D eigenvalue weighted by atomic mass is 10.2. The van der Waals surface area contributed by atoms with Crippen molar-refractivity contribution in [1.82, 2.24) is 10.6 Å². The van der Waals surface area contributed by atoms with Crippen LogP contribution in [0.2, 0.25) is 0 Å². The van der Waals surface area contributed by atoms with Gasteiger partial charge in [-0.3, -0.25) is 10.1 Å². The Morgan fingerprint density at radius 1 is 1.50 bits per heavy atom. The molecule has 4 nitrogen and oxygen atoms in total. The minimum atomic E-state index is -0.406. The molecule has 0 aliphatic carbocycles. The molecule has 0 aromatic rings. The van der Waals surface area contributed by atoms with Gasteiger partial charge in [-0.2, -0.15) is 12.6 Å².